The largest absolute Gasteiger partial charge is 0.353 e. The number of carbonyl (C=O) groups excluding carboxylic acids is 1. The summed E-state index contributed by atoms with van der Waals surface area (Å²) in [5.74, 6) is 1.41. The average molecular weight is 392 g/mol. The summed E-state index contributed by atoms with van der Waals surface area (Å²) in [6.07, 6.45) is 3.63. The molecule has 1 N–H and O–H groups in total. The maximum atomic E-state index is 12.7. The molecule has 150 valence electrons. The minimum Gasteiger partial charge on any atom is -0.353 e. The molecule has 0 aromatic carbocycles. The third-order valence-electron chi connectivity index (χ3n) is 5.63. The normalized spacial score (nSPS) is 27.3. The first kappa shape index (κ1) is 20.4. The third-order valence-corrected chi connectivity index (χ3v) is 6.73. The molecule has 6 heteroatoms. The van der Waals surface area contributed by atoms with Crippen molar-refractivity contribution >= 4 is 17.7 Å². The highest BCUT2D eigenvalue weighted by Gasteiger charge is 2.34. The molecular formula is C21H33N3O2S. The van der Waals surface area contributed by atoms with E-state index < -0.39 is 0 Å². The number of nitrogens with zero attached hydrogens (tertiary/aromatic N) is 2. The van der Waals surface area contributed by atoms with Gasteiger partial charge in [-0.1, -0.05) is 53.3 Å². The number of thioether (sulfide) groups is 1. The third kappa shape index (κ3) is 4.76. The van der Waals surface area contributed by atoms with Gasteiger partial charge in [0.25, 0.3) is 5.56 Å². The molecule has 2 heterocycles. The summed E-state index contributed by atoms with van der Waals surface area (Å²) in [7, 11) is 0. The van der Waals surface area contributed by atoms with Crippen LogP contribution in [0.1, 0.15) is 79.0 Å². The molecule has 0 spiro atoms. The van der Waals surface area contributed by atoms with Gasteiger partial charge in [-0.25, -0.2) is 4.98 Å². The van der Waals surface area contributed by atoms with Crippen LogP contribution in [0.2, 0.25) is 0 Å². The first-order valence-electron chi connectivity index (χ1n) is 10.0. The summed E-state index contributed by atoms with van der Waals surface area (Å²) in [6.45, 7) is 13.0. The Hall–Kier alpha value is -1.30. The van der Waals surface area contributed by atoms with Gasteiger partial charge in [-0.05, 0) is 30.6 Å². The van der Waals surface area contributed by atoms with E-state index in [9.17, 15) is 9.59 Å². The number of nitrogens with one attached hydrogen (secondary N) is 1. The molecule has 1 saturated carbocycles. The van der Waals surface area contributed by atoms with E-state index in [2.05, 4.69) is 51.8 Å². The quantitative estimate of drug-likeness (QED) is 0.794. The lowest BCUT2D eigenvalue weighted by molar-refractivity contribution is -0.123. The maximum absolute atomic E-state index is 12.7. The summed E-state index contributed by atoms with van der Waals surface area (Å²) in [6, 6.07) is 1.77. The van der Waals surface area contributed by atoms with Crippen LogP contribution < -0.4 is 10.9 Å². The summed E-state index contributed by atoms with van der Waals surface area (Å²) < 4.78 is 1.72. The highest BCUT2D eigenvalue weighted by molar-refractivity contribution is 7.99. The first-order chi connectivity index (χ1) is 12.4. The number of amides is 1. The molecule has 3 unspecified atom stereocenters. The van der Waals surface area contributed by atoms with Gasteiger partial charge in [0, 0.05) is 29.7 Å². The van der Waals surface area contributed by atoms with Crippen LogP contribution in [-0.4, -0.2) is 27.3 Å². The van der Waals surface area contributed by atoms with Crippen molar-refractivity contribution in [3.8, 4) is 0 Å². The number of rotatable bonds is 3. The number of aromatic nitrogens is 2. The fourth-order valence-corrected chi connectivity index (χ4v) is 5.79. The van der Waals surface area contributed by atoms with Crippen LogP contribution in [0.25, 0.3) is 0 Å². The molecule has 3 atom stereocenters. The molecule has 2 aliphatic rings. The van der Waals surface area contributed by atoms with Gasteiger partial charge in [-0.15, -0.1) is 0 Å². The number of hydrogen-bond donors (Lipinski definition) is 1. The minimum atomic E-state index is -0.157. The van der Waals surface area contributed by atoms with Crippen LogP contribution in [-0.2, 0) is 10.2 Å². The highest BCUT2D eigenvalue weighted by Crippen LogP contribution is 2.39. The van der Waals surface area contributed by atoms with Crippen molar-refractivity contribution in [1.82, 2.24) is 14.9 Å². The van der Waals surface area contributed by atoms with Crippen molar-refractivity contribution in [2.24, 2.45) is 11.3 Å². The van der Waals surface area contributed by atoms with E-state index >= 15 is 0 Å². The van der Waals surface area contributed by atoms with Gasteiger partial charge >= 0.3 is 0 Å². The summed E-state index contributed by atoms with van der Waals surface area (Å²) >= 11 is 1.58. The summed E-state index contributed by atoms with van der Waals surface area (Å²) in [5.41, 5.74) is 0.889. The molecule has 1 aromatic heterocycles. The average Bonchev–Trinajstić information content (AvgIpc) is 2.87. The Morgan fingerprint density at radius 1 is 1.37 bits per heavy atom. The zero-order chi connectivity index (χ0) is 20.0. The number of fused-ring (bicyclic) bond motifs is 1. The van der Waals surface area contributed by atoms with Gasteiger partial charge in [-0.3, -0.25) is 14.2 Å². The van der Waals surface area contributed by atoms with E-state index in [0.29, 0.717) is 12.3 Å². The summed E-state index contributed by atoms with van der Waals surface area (Å²) in [5, 5.41) is 3.98. The Kier molecular flexibility index (Phi) is 5.50. The van der Waals surface area contributed by atoms with Crippen LogP contribution in [0.4, 0.5) is 0 Å². The topological polar surface area (TPSA) is 64.0 Å². The molecule has 0 radical (unpaired) electrons. The predicted octanol–water partition coefficient (Wildman–Crippen LogP) is 3.91. The van der Waals surface area contributed by atoms with E-state index in [1.54, 1.807) is 22.4 Å². The van der Waals surface area contributed by atoms with Crippen molar-refractivity contribution in [3.63, 3.8) is 0 Å². The Morgan fingerprint density at radius 3 is 2.70 bits per heavy atom. The second-order valence-electron chi connectivity index (χ2n) is 10.2. The van der Waals surface area contributed by atoms with Gasteiger partial charge in [0.2, 0.25) is 5.91 Å². The smallest absolute Gasteiger partial charge is 0.254 e. The second-order valence-corrected chi connectivity index (χ2v) is 11.2. The molecule has 5 nitrogen and oxygen atoms in total. The second kappa shape index (κ2) is 7.26. The number of hydrogen-bond acceptors (Lipinski definition) is 4. The number of carbonyl (C=O) groups is 1. The monoisotopic (exact) mass is 391 g/mol. The van der Waals surface area contributed by atoms with Gasteiger partial charge in [0.15, 0.2) is 5.16 Å². The zero-order valence-corrected chi connectivity index (χ0v) is 18.3. The van der Waals surface area contributed by atoms with E-state index in [0.717, 1.165) is 29.4 Å². The van der Waals surface area contributed by atoms with E-state index in [1.165, 1.54) is 6.42 Å². The van der Waals surface area contributed by atoms with Crippen molar-refractivity contribution in [3.05, 3.63) is 22.1 Å². The molecule has 0 saturated heterocycles. The Bertz CT molecular complexity index is 779. The van der Waals surface area contributed by atoms with E-state index in [4.69, 9.17) is 0 Å². The molecule has 0 bridgehead atoms. The van der Waals surface area contributed by atoms with Gasteiger partial charge in [-0.2, -0.15) is 0 Å². The van der Waals surface area contributed by atoms with Crippen LogP contribution in [0, 0.1) is 11.3 Å². The van der Waals surface area contributed by atoms with Crippen molar-refractivity contribution in [2.45, 2.75) is 89.9 Å². The Labute approximate surface area is 166 Å². The molecule has 1 amide bonds. The lowest BCUT2D eigenvalue weighted by Gasteiger charge is -2.39. The van der Waals surface area contributed by atoms with Crippen LogP contribution >= 0.6 is 11.8 Å². The molecular weight excluding hydrogens is 358 g/mol. The van der Waals surface area contributed by atoms with E-state index in [-0.39, 0.29) is 34.4 Å². The SMILES string of the molecule is CC1CC(NC(=O)CC2CSc3nc(C(C)(C)C)cc(=O)n32)CC(C)(C)C1. The fourth-order valence-electron chi connectivity index (χ4n) is 4.64. The lowest BCUT2D eigenvalue weighted by Crippen LogP contribution is -2.43. The van der Waals surface area contributed by atoms with Crippen molar-refractivity contribution in [2.75, 3.05) is 5.75 Å². The Morgan fingerprint density at radius 2 is 2.07 bits per heavy atom. The van der Waals surface area contributed by atoms with E-state index in [1.807, 2.05) is 0 Å². The minimum absolute atomic E-state index is 0.0415. The molecule has 1 fully saturated rings. The molecule has 1 aliphatic heterocycles. The van der Waals surface area contributed by atoms with Crippen molar-refractivity contribution in [1.29, 1.82) is 0 Å². The van der Waals surface area contributed by atoms with Crippen molar-refractivity contribution < 1.29 is 4.79 Å². The first-order valence-corrected chi connectivity index (χ1v) is 11.0. The van der Waals surface area contributed by atoms with Crippen LogP contribution in [0.15, 0.2) is 16.0 Å². The zero-order valence-electron chi connectivity index (χ0n) is 17.5. The highest BCUT2D eigenvalue weighted by atomic mass is 32.2. The van der Waals surface area contributed by atoms with Gasteiger partial charge < -0.3 is 5.32 Å². The predicted molar refractivity (Wildman–Crippen MR) is 110 cm³/mol. The van der Waals surface area contributed by atoms with Crippen LogP contribution in [0.3, 0.4) is 0 Å². The van der Waals surface area contributed by atoms with Crippen LogP contribution in [0.5, 0.6) is 0 Å². The molecule has 27 heavy (non-hydrogen) atoms. The van der Waals surface area contributed by atoms with Gasteiger partial charge in [0.05, 0.1) is 11.7 Å². The summed E-state index contributed by atoms with van der Waals surface area (Å²) in [4.78, 5) is 30.0. The maximum Gasteiger partial charge on any atom is 0.254 e. The molecule has 1 aromatic rings. The Balaban J connectivity index is 1.68. The standard InChI is InChI=1S/C21H33N3O2S/c1-13-7-14(11-21(5,6)10-13)22-17(25)8-15-12-27-19-23-16(20(2,3)4)9-18(26)24(15)19/h9,13-15H,7-8,10-12H2,1-6H3,(H,22,25). The fraction of sp³-hybridized carbons (Fsp3) is 0.762. The molecule has 3 rings (SSSR count). The molecule has 1 aliphatic carbocycles. The van der Waals surface area contributed by atoms with Gasteiger partial charge in [0.1, 0.15) is 0 Å². The lowest BCUT2D eigenvalue weighted by atomic mass is 9.70.